The predicted octanol–water partition coefficient (Wildman–Crippen LogP) is 6.18. The summed E-state index contributed by atoms with van der Waals surface area (Å²) in [7, 11) is 0. The first kappa shape index (κ1) is 25.4. The smallest absolute Gasteiger partial charge is 0.407 e. The molecule has 2 heterocycles. The molecule has 37 heavy (non-hydrogen) atoms. The monoisotopic (exact) mass is 507 g/mol. The summed E-state index contributed by atoms with van der Waals surface area (Å²) >= 11 is 0. The van der Waals surface area contributed by atoms with Crippen molar-refractivity contribution in [3.63, 3.8) is 0 Å². The molecule has 5 rings (SSSR count). The number of nitrogens with zero attached hydrogens (tertiary/aromatic N) is 2. The maximum Gasteiger partial charge on any atom is 0.407 e. The summed E-state index contributed by atoms with van der Waals surface area (Å²) in [6.45, 7) is 8.80. The minimum atomic E-state index is -0.378. The van der Waals surface area contributed by atoms with E-state index in [-0.39, 0.29) is 41.7 Å². The Labute approximate surface area is 217 Å². The molecule has 2 N–H and O–H groups in total. The fourth-order valence-electron chi connectivity index (χ4n) is 4.67. The lowest BCUT2D eigenvalue weighted by atomic mass is 9.89. The lowest BCUT2D eigenvalue weighted by Crippen LogP contribution is -2.50. The quantitative estimate of drug-likeness (QED) is 0.414. The molecule has 3 aromatic rings. The molecule has 1 aliphatic carbocycles. The van der Waals surface area contributed by atoms with Gasteiger partial charge in [-0.25, -0.2) is 9.48 Å². The summed E-state index contributed by atoms with van der Waals surface area (Å²) in [6, 6.07) is 11.3. The Balaban J connectivity index is 1.33. The number of hydrogen-bond donors (Lipinski definition) is 2. The molecule has 2 fully saturated rings. The molecule has 1 saturated carbocycles. The molecule has 1 amide bonds. The van der Waals surface area contributed by atoms with Gasteiger partial charge in [0.15, 0.2) is 6.23 Å². The van der Waals surface area contributed by atoms with E-state index in [0.29, 0.717) is 12.8 Å². The summed E-state index contributed by atoms with van der Waals surface area (Å²) in [6.07, 6.45) is 5.72. The number of aromatic nitrogens is 2. The van der Waals surface area contributed by atoms with Gasteiger partial charge in [0.2, 0.25) is 0 Å². The average molecular weight is 508 g/mol. The van der Waals surface area contributed by atoms with Crippen molar-refractivity contribution in [2.45, 2.75) is 84.3 Å². The van der Waals surface area contributed by atoms with Gasteiger partial charge >= 0.3 is 6.09 Å². The van der Waals surface area contributed by atoms with Crippen LogP contribution in [0.1, 0.15) is 66.0 Å². The molecule has 8 heteroatoms. The standard InChI is InChI=1S/C29H37N3O5/c1-18(29(2,3)4)36-28(34)31-21-15-23(16-21)37-26-14-20(19-8-10-22(33)11-9-19)13-25-24(26)17-30-32(25)27-7-5-6-12-35-27/h8-11,13-14,17-18,21,23,27,33H,5-7,12,15-16H2,1-4H3,(H,31,34)/t18?,21-,23-,27?. The normalized spacial score (nSPS) is 22.8. The highest BCUT2D eigenvalue weighted by molar-refractivity contribution is 5.90. The molecule has 2 unspecified atom stereocenters. The second-order valence-electron chi connectivity index (χ2n) is 11.3. The summed E-state index contributed by atoms with van der Waals surface area (Å²) in [5.74, 6) is 0.986. The third kappa shape index (κ3) is 5.69. The molecular weight excluding hydrogens is 470 g/mol. The van der Waals surface area contributed by atoms with Gasteiger partial charge in [0, 0.05) is 25.5 Å². The first-order valence-electron chi connectivity index (χ1n) is 13.2. The van der Waals surface area contributed by atoms with Crippen LogP contribution < -0.4 is 10.1 Å². The van der Waals surface area contributed by atoms with Crippen LogP contribution in [0.5, 0.6) is 11.5 Å². The number of rotatable bonds is 6. The second-order valence-corrected chi connectivity index (χ2v) is 11.3. The van der Waals surface area contributed by atoms with E-state index in [1.54, 1.807) is 12.1 Å². The molecule has 0 spiro atoms. The highest BCUT2D eigenvalue weighted by atomic mass is 16.6. The number of benzene rings is 2. The van der Waals surface area contributed by atoms with Crippen molar-refractivity contribution >= 4 is 17.0 Å². The molecule has 8 nitrogen and oxygen atoms in total. The van der Waals surface area contributed by atoms with Crippen molar-refractivity contribution in [1.82, 2.24) is 15.1 Å². The van der Waals surface area contributed by atoms with E-state index >= 15 is 0 Å². The van der Waals surface area contributed by atoms with Crippen molar-refractivity contribution in [3.05, 3.63) is 42.6 Å². The highest BCUT2D eigenvalue weighted by Gasteiger charge is 2.34. The van der Waals surface area contributed by atoms with E-state index < -0.39 is 0 Å². The third-order valence-corrected chi connectivity index (χ3v) is 7.52. The summed E-state index contributed by atoms with van der Waals surface area (Å²) < 4.78 is 20.0. The van der Waals surface area contributed by atoms with Crippen molar-refractivity contribution in [2.75, 3.05) is 6.61 Å². The molecule has 2 aromatic carbocycles. The number of aromatic hydroxyl groups is 1. The number of alkyl carbamates (subject to hydrolysis) is 1. The van der Waals surface area contributed by atoms with Crippen LogP contribution >= 0.6 is 0 Å². The van der Waals surface area contributed by atoms with Gasteiger partial charge in [-0.1, -0.05) is 32.9 Å². The number of ether oxygens (including phenoxy) is 3. The molecular formula is C29H37N3O5. The van der Waals surface area contributed by atoms with Crippen molar-refractivity contribution in [3.8, 4) is 22.6 Å². The van der Waals surface area contributed by atoms with Gasteiger partial charge in [-0.3, -0.25) is 0 Å². The van der Waals surface area contributed by atoms with Gasteiger partial charge in [-0.15, -0.1) is 0 Å². The number of phenols is 1. The summed E-state index contributed by atoms with van der Waals surface area (Å²) in [4.78, 5) is 12.3. The minimum Gasteiger partial charge on any atom is -0.508 e. The van der Waals surface area contributed by atoms with Gasteiger partial charge in [0.25, 0.3) is 0 Å². The lowest BCUT2D eigenvalue weighted by Gasteiger charge is -2.36. The number of phenolic OH excluding ortho intramolecular Hbond substituents is 1. The Kier molecular flexibility index (Phi) is 7.03. The zero-order valence-corrected chi connectivity index (χ0v) is 22.1. The number of fused-ring (bicyclic) bond motifs is 1. The fourth-order valence-corrected chi connectivity index (χ4v) is 4.67. The second kappa shape index (κ2) is 10.2. The van der Waals surface area contributed by atoms with E-state index in [4.69, 9.17) is 14.2 Å². The zero-order chi connectivity index (χ0) is 26.2. The fraction of sp³-hybridized carbons (Fsp3) is 0.517. The van der Waals surface area contributed by atoms with E-state index in [1.165, 1.54) is 0 Å². The van der Waals surface area contributed by atoms with Crippen molar-refractivity contribution < 1.29 is 24.1 Å². The van der Waals surface area contributed by atoms with Crippen molar-refractivity contribution in [2.24, 2.45) is 5.41 Å². The van der Waals surface area contributed by atoms with Gasteiger partial charge in [-0.05, 0) is 67.0 Å². The largest absolute Gasteiger partial charge is 0.508 e. The zero-order valence-electron chi connectivity index (χ0n) is 22.1. The number of nitrogens with one attached hydrogen (secondary N) is 1. The van der Waals surface area contributed by atoms with E-state index in [9.17, 15) is 9.90 Å². The van der Waals surface area contributed by atoms with Crippen LogP contribution in [-0.4, -0.2) is 45.8 Å². The van der Waals surface area contributed by atoms with Gasteiger partial charge in [0.1, 0.15) is 23.7 Å². The Morgan fingerprint density at radius 1 is 1.16 bits per heavy atom. The van der Waals surface area contributed by atoms with Gasteiger partial charge < -0.3 is 24.6 Å². The first-order chi connectivity index (χ1) is 17.7. The van der Waals surface area contributed by atoms with Crippen LogP contribution in [0, 0.1) is 5.41 Å². The lowest BCUT2D eigenvalue weighted by molar-refractivity contribution is -0.0366. The van der Waals surface area contributed by atoms with Gasteiger partial charge in [-0.2, -0.15) is 5.10 Å². The van der Waals surface area contributed by atoms with Crippen LogP contribution in [0.3, 0.4) is 0 Å². The summed E-state index contributed by atoms with van der Waals surface area (Å²) in [5.41, 5.74) is 2.81. The summed E-state index contributed by atoms with van der Waals surface area (Å²) in [5, 5.41) is 18.3. The average Bonchev–Trinajstić information content (AvgIpc) is 3.27. The van der Waals surface area contributed by atoms with Crippen molar-refractivity contribution in [1.29, 1.82) is 0 Å². The number of amides is 1. The minimum absolute atomic E-state index is 0.0158. The molecule has 1 aromatic heterocycles. The number of carbonyl (C=O) groups is 1. The van der Waals surface area contributed by atoms with E-state index in [1.807, 2.05) is 56.8 Å². The van der Waals surface area contributed by atoms with Gasteiger partial charge in [0.05, 0.1) is 17.1 Å². The van der Waals surface area contributed by atoms with Crippen LogP contribution in [0.4, 0.5) is 4.79 Å². The predicted molar refractivity (Wildman–Crippen MR) is 142 cm³/mol. The number of carbonyl (C=O) groups excluding carboxylic acids is 1. The Hall–Kier alpha value is -3.26. The highest BCUT2D eigenvalue weighted by Crippen LogP contribution is 2.38. The third-order valence-electron chi connectivity index (χ3n) is 7.52. The molecule has 2 aliphatic rings. The molecule has 1 saturated heterocycles. The van der Waals surface area contributed by atoms with E-state index in [0.717, 1.165) is 53.6 Å². The van der Waals surface area contributed by atoms with Crippen LogP contribution in [0.2, 0.25) is 0 Å². The van der Waals surface area contributed by atoms with E-state index in [2.05, 4.69) is 16.5 Å². The maximum absolute atomic E-state index is 12.3. The Bertz CT molecular complexity index is 1230. The van der Waals surface area contributed by atoms with Crippen LogP contribution in [0.15, 0.2) is 42.6 Å². The maximum atomic E-state index is 12.3. The molecule has 2 atom stereocenters. The first-order valence-corrected chi connectivity index (χ1v) is 13.2. The SMILES string of the molecule is CC(OC(=O)N[C@H]1C[C@H](Oc2cc(-c3ccc(O)cc3)cc3c2cnn3C2CCCCO2)C1)C(C)(C)C. The number of hydrogen-bond acceptors (Lipinski definition) is 6. The topological polar surface area (TPSA) is 94.8 Å². The molecule has 1 aliphatic heterocycles. The van der Waals surface area contributed by atoms with Crippen LogP contribution in [-0.2, 0) is 9.47 Å². The molecule has 0 bridgehead atoms. The Morgan fingerprint density at radius 2 is 1.92 bits per heavy atom. The Morgan fingerprint density at radius 3 is 2.59 bits per heavy atom. The van der Waals surface area contributed by atoms with Crippen LogP contribution in [0.25, 0.3) is 22.0 Å². The molecule has 0 radical (unpaired) electrons. The molecule has 198 valence electrons.